The van der Waals surface area contributed by atoms with Crippen molar-refractivity contribution in [1.82, 2.24) is 0 Å². The molecule has 0 bridgehead atoms. The summed E-state index contributed by atoms with van der Waals surface area (Å²) < 4.78 is 16.7. The standard InChI is InChI=1S/C9H11BrO2.C7H7BrO.C4H8O.CH4/c1-7-3-4-9(8(10)5-7)12-6-11-2;1-5-2-3-7(9)6(8)4-5;1-2-4-5-3-1;/h3-5H,6H2,1-2H3;2-4,9H,1H3;1-4H2;1H4. The molecule has 152 valence electrons. The number of ether oxygens (including phenoxy) is 3. The summed E-state index contributed by atoms with van der Waals surface area (Å²) in [6.45, 7) is 6.29. The molecule has 6 heteroatoms. The molecule has 0 unspecified atom stereocenters. The number of halogens is 2. The summed E-state index contributed by atoms with van der Waals surface area (Å²) in [6, 6.07) is 11.3. The molecular weight excluding hydrogens is 476 g/mol. The quantitative estimate of drug-likeness (QED) is 0.475. The van der Waals surface area contributed by atoms with E-state index in [0.717, 1.165) is 33.5 Å². The van der Waals surface area contributed by atoms with Crippen LogP contribution in [0.1, 0.15) is 31.4 Å². The van der Waals surface area contributed by atoms with E-state index >= 15 is 0 Å². The zero-order chi connectivity index (χ0) is 19.4. The SMILES string of the molecule is C.C1CCOC1.COCOc1ccc(C)cc1Br.Cc1ccc(O)c(Br)c1. The molecule has 2 aromatic rings. The summed E-state index contributed by atoms with van der Waals surface area (Å²) in [5, 5.41) is 9.00. The second kappa shape index (κ2) is 14.9. The summed E-state index contributed by atoms with van der Waals surface area (Å²) in [7, 11) is 1.60. The van der Waals surface area contributed by atoms with Crippen LogP contribution < -0.4 is 4.74 Å². The first-order chi connectivity index (χ1) is 12.4. The molecule has 0 aromatic heterocycles. The van der Waals surface area contributed by atoms with Gasteiger partial charge in [0.25, 0.3) is 0 Å². The lowest BCUT2D eigenvalue weighted by Crippen LogP contribution is -1.99. The van der Waals surface area contributed by atoms with Crippen LogP contribution in [0.3, 0.4) is 0 Å². The minimum atomic E-state index is 0. The van der Waals surface area contributed by atoms with Crippen molar-refractivity contribution >= 4 is 31.9 Å². The molecule has 1 aliphatic rings. The average Bonchev–Trinajstić information content (AvgIpc) is 3.18. The van der Waals surface area contributed by atoms with E-state index < -0.39 is 0 Å². The van der Waals surface area contributed by atoms with Gasteiger partial charge in [-0.3, -0.25) is 0 Å². The lowest BCUT2D eigenvalue weighted by atomic mass is 10.2. The highest BCUT2D eigenvalue weighted by Gasteiger charge is 1.99. The van der Waals surface area contributed by atoms with Crippen LogP contribution in [0.15, 0.2) is 45.3 Å². The average molecular weight is 506 g/mol. The number of phenolic OH excluding ortho intramolecular Hbond substituents is 1. The Morgan fingerprint density at radius 2 is 1.52 bits per heavy atom. The Hall–Kier alpha value is -1.08. The number of hydrogen-bond acceptors (Lipinski definition) is 4. The summed E-state index contributed by atoms with van der Waals surface area (Å²) in [6.07, 6.45) is 2.56. The molecule has 2 aromatic carbocycles. The maximum Gasteiger partial charge on any atom is 0.188 e. The first-order valence-electron chi connectivity index (χ1n) is 8.34. The van der Waals surface area contributed by atoms with Crippen molar-refractivity contribution in [3.05, 3.63) is 56.5 Å². The van der Waals surface area contributed by atoms with Gasteiger partial charge in [0.2, 0.25) is 0 Å². The third-order valence-electron chi connectivity index (χ3n) is 3.35. The van der Waals surface area contributed by atoms with Crippen LogP contribution in [0, 0.1) is 13.8 Å². The van der Waals surface area contributed by atoms with Gasteiger partial charge < -0.3 is 19.3 Å². The first-order valence-corrected chi connectivity index (χ1v) is 9.93. The summed E-state index contributed by atoms with van der Waals surface area (Å²) >= 11 is 6.59. The molecule has 1 heterocycles. The van der Waals surface area contributed by atoms with Gasteiger partial charge in [-0.25, -0.2) is 0 Å². The fourth-order valence-corrected chi connectivity index (χ4v) is 3.07. The second-order valence-electron chi connectivity index (χ2n) is 5.76. The van der Waals surface area contributed by atoms with Crippen molar-refractivity contribution in [2.24, 2.45) is 0 Å². The molecule has 0 radical (unpaired) electrons. The van der Waals surface area contributed by atoms with Crippen LogP contribution in [0.4, 0.5) is 0 Å². The summed E-state index contributed by atoms with van der Waals surface area (Å²) in [5.74, 6) is 1.10. The zero-order valence-electron chi connectivity index (χ0n) is 15.4. The molecule has 1 N–H and O–H groups in total. The Kier molecular flexibility index (Phi) is 14.3. The van der Waals surface area contributed by atoms with E-state index in [-0.39, 0.29) is 14.2 Å². The van der Waals surface area contributed by atoms with Gasteiger partial charge in [-0.15, -0.1) is 0 Å². The van der Waals surface area contributed by atoms with Crippen LogP contribution in [0.5, 0.6) is 11.5 Å². The molecule has 0 spiro atoms. The van der Waals surface area contributed by atoms with Gasteiger partial charge >= 0.3 is 0 Å². The number of rotatable bonds is 3. The summed E-state index contributed by atoms with van der Waals surface area (Å²) in [5.41, 5.74) is 2.34. The minimum Gasteiger partial charge on any atom is -0.507 e. The van der Waals surface area contributed by atoms with Crippen molar-refractivity contribution < 1.29 is 19.3 Å². The smallest absolute Gasteiger partial charge is 0.188 e. The Balaban J connectivity index is 0.000000397. The van der Waals surface area contributed by atoms with E-state index in [1.165, 1.54) is 18.4 Å². The van der Waals surface area contributed by atoms with Crippen LogP contribution in [0.25, 0.3) is 0 Å². The van der Waals surface area contributed by atoms with E-state index in [1.807, 2.05) is 44.2 Å². The van der Waals surface area contributed by atoms with Crippen LogP contribution in [-0.4, -0.2) is 32.2 Å². The van der Waals surface area contributed by atoms with Crippen LogP contribution >= 0.6 is 31.9 Å². The highest BCUT2D eigenvalue weighted by molar-refractivity contribution is 9.10. The van der Waals surface area contributed by atoms with Crippen molar-refractivity contribution in [1.29, 1.82) is 0 Å². The largest absolute Gasteiger partial charge is 0.507 e. The van der Waals surface area contributed by atoms with Crippen LogP contribution in [0.2, 0.25) is 0 Å². The number of benzene rings is 2. The van der Waals surface area contributed by atoms with Crippen molar-refractivity contribution in [3.63, 3.8) is 0 Å². The van der Waals surface area contributed by atoms with Crippen molar-refractivity contribution in [3.8, 4) is 11.5 Å². The molecular formula is C21H30Br2O4. The van der Waals surface area contributed by atoms with Gasteiger partial charge in [0.15, 0.2) is 6.79 Å². The number of hydrogen-bond donors (Lipinski definition) is 1. The van der Waals surface area contributed by atoms with Gasteiger partial charge in [-0.1, -0.05) is 19.6 Å². The fraction of sp³-hybridized carbons (Fsp3) is 0.429. The van der Waals surface area contributed by atoms with Gasteiger partial charge in [-0.2, -0.15) is 0 Å². The molecule has 0 atom stereocenters. The Labute approximate surface area is 180 Å². The predicted molar refractivity (Wildman–Crippen MR) is 119 cm³/mol. The van der Waals surface area contributed by atoms with Crippen LogP contribution in [-0.2, 0) is 9.47 Å². The molecule has 1 saturated heterocycles. The Morgan fingerprint density at radius 1 is 0.963 bits per heavy atom. The summed E-state index contributed by atoms with van der Waals surface area (Å²) in [4.78, 5) is 0. The molecule has 1 aliphatic heterocycles. The van der Waals surface area contributed by atoms with Gasteiger partial charge in [0.1, 0.15) is 11.5 Å². The zero-order valence-corrected chi connectivity index (χ0v) is 18.6. The maximum absolute atomic E-state index is 9.00. The van der Waals surface area contributed by atoms with Gasteiger partial charge in [0, 0.05) is 20.3 Å². The second-order valence-corrected chi connectivity index (χ2v) is 7.47. The topological polar surface area (TPSA) is 47.9 Å². The van der Waals surface area contributed by atoms with Crippen molar-refractivity contribution in [2.45, 2.75) is 34.1 Å². The third kappa shape index (κ3) is 11.4. The molecule has 0 saturated carbocycles. The normalized spacial score (nSPS) is 12.0. The van der Waals surface area contributed by atoms with E-state index in [2.05, 4.69) is 31.9 Å². The Morgan fingerprint density at radius 3 is 1.93 bits per heavy atom. The van der Waals surface area contributed by atoms with Gasteiger partial charge in [0.05, 0.1) is 8.95 Å². The number of methoxy groups -OCH3 is 1. The number of aryl methyl sites for hydroxylation is 2. The molecule has 27 heavy (non-hydrogen) atoms. The van der Waals surface area contributed by atoms with E-state index in [4.69, 9.17) is 19.3 Å². The highest BCUT2D eigenvalue weighted by atomic mass is 79.9. The minimum absolute atomic E-state index is 0. The van der Waals surface area contributed by atoms with E-state index in [0.29, 0.717) is 5.75 Å². The predicted octanol–water partition coefficient (Wildman–Crippen LogP) is 6.64. The maximum atomic E-state index is 9.00. The lowest BCUT2D eigenvalue weighted by molar-refractivity contribution is 0.0506. The molecule has 0 aliphatic carbocycles. The molecule has 3 rings (SSSR count). The van der Waals surface area contributed by atoms with Gasteiger partial charge in [-0.05, 0) is 93.9 Å². The first kappa shape index (κ1) is 25.9. The highest BCUT2D eigenvalue weighted by Crippen LogP contribution is 2.25. The van der Waals surface area contributed by atoms with E-state index in [1.54, 1.807) is 13.2 Å². The fourth-order valence-electron chi connectivity index (χ4n) is 1.97. The monoisotopic (exact) mass is 504 g/mol. The Bertz CT molecular complexity index is 651. The van der Waals surface area contributed by atoms with Crippen molar-refractivity contribution in [2.75, 3.05) is 27.1 Å². The molecule has 1 fully saturated rings. The molecule has 4 nitrogen and oxygen atoms in total. The number of phenols is 1. The van der Waals surface area contributed by atoms with E-state index in [9.17, 15) is 0 Å². The molecule has 0 amide bonds. The third-order valence-corrected chi connectivity index (χ3v) is 4.61. The lowest BCUT2D eigenvalue weighted by Gasteiger charge is -2.06. The number of aromatic hydroxyl groups is 1.